The Morgan fingerprint density at radius 1 is 1.00 bits per heavy atom. The molecule has 0 saturated carbocycles. The Bertz CT molecular complexity index is 1180. The number of methoxy groups -OCH3 is 1. The normalized spacial score (nSPS) is 10.5. The van der Waals surface area contributed by atoms with E-state index in [9.17, 15) is 9.18 Å². The van der Waals surface area contributed by atoms with Gasteiger partial charge in [-0.2, -0.15) is 0 Å². The fourth-order valence-electron chi connectivity index (χ4n) is 2.86. The Morgan fingerprint density at radius 2 is 1.80 bits per heavy atom. The predicted octanol–water partition coefficient (Wildman–Crippen LogP) is 5.95. The van der Waals surface area contributed by atoms with Crippen LogP contribution in [0.15, 0.2) is 78.2 Å². The van der Waals surface area contributed by atoms with Crippen LogP contribution in [-0.4, -0.2) is 18.0 Å². The Kier molecular flexibility index (Phi) is 5.72. The molecule has 7 heteroatoms. The third-order valence-electron chi connectivity index (χ3n) is 4.38. The second-order valence-corrected chi connectivity index (χ2v) is 7.26. The predicted molar refractivity (Wildman–Crippen MR) is 118 cm³/mol. The number of aromatic nitrogens is 1. The third-order valence-corrected chi connectivity index (χ3v) is 5.14. The van der Waals surface area contributed by atoms with Crippen LogP contribution in [0.1, 0.15) is 10.4 Å². The van der Waals surface area contributed by atoms with Gasteiger partial charge in [0.05, 0.1) is 18.4 Å². The van der Waals surface area contributed by atoms with Gasteiger partial charge in [-0.3, -0.25) is 4.79 Å². The standard InChI is InChI=1S/C23H18FN3O2S/c1-29-18-6-4-5-17(13-18)26-23-27-21(14-30-23)15-9-11-16(12-10-15)25-22(28)19-7-2-3-8-20(19)24/h2-14H,1H3,(H,25,28)(H,26,27). The van der Waals surface area contributed by atoms with Gasteiger partial charge >= 0.3 is 0 Å². The van der Waals surface area contributed by atoms with Gasteiger partial charge in [0.2, 0.25) is 0 Å². The summed E-state index contributed by atoms with van der Waals surface area (Å²) in [6.45, 7) is 0. The summed E-state index contributed by atoms with van der Waals surface area (Å²) in [6.07, 6.45) is 0. The average Bonchev–Trinajstić information content (AvgIpc) is 3.23. The second kappa shape index (κ2) is 8.75. The number of hydrogen-bond donors (Lipinski definition) is 2. The van der Waals surface area contributed by atoms with E-state index in [-0.39, 0.29) is 5.56 Å². The minimum atomic E-state index is -0.551. The lowest BCUT2D eigenvalue weighted by atomic mass is 10.1. The number of carbonyl (C=O) groups excluding carboxylic acids is 1. The van der Waals surface area contributed by atoms with Crippen LogP contribution in [0.5, 0.6) is 5.75 Å². The highest BCUT2D eigenvalue weighted by atomic mass is 32.1. The summed E-state index contributed by atoms with van der Waals surface area (Å²) in [5, 5.41) is 8.68. The second-order valence-electron chi connectivity index (χ2n) is 6.41. The minimum Gasteiger partial charge on any atom is -0.497 e. The topological polar surface area (TPSA) is 63.2 Å². The Balaban J connectivity index is 1.44. The van der Waals surface area contributed by atoms with Crippen molar-refractivity contribution in [2.24, 2.45) is 0 Å². The van der Waals surface area contributed by atoms with Crippen molar-refractivity contribution >= 4 is 33.8 Å². The number of benzene rings is 3. The van der Waals surface area contributed by atoms with E-state index in [1.165, 1.54) is 23.5 Å². The maximum atomic E-state index is 13.7. The maximum absolute atomic E-state index is 13.7. The molecule has 4 rings (SSSR count). The van der Waals surface area contributed by atoms with Crippen molar-refractivity contribution in [2.45, 2.75) is 0 Å². The molecule has 5 nitrogen and oxygen atoms in total. The van der Waals surface area contributed by atoms with Crippen LogP contribution >= 0.6 is 11.3 Å². The van der Waals surface area contributed by atoms with Crippen LogP contribution in [0.2, 0.25) is 0 Å². The Morgan fingerprint density at radius 3 is 2.57 bits per heavy atom. The van der Waals surface area contributed by atoms with Gasteiger partial charge in [0.15, 0.2) is 5.13 Å². The number of thiazole rings is 1. The molecule has 0 bridgehead atoms. The van der Waals surface area contributed by atoms with Crippen LogP contribution in [0, 0.1) is 5.82 Å². The zero-order valence-electron chi connectivity index (χ0n) is 16.1. The number of amides is 1. The highest BCUT2D eigenvalue weighted by Crippen LogP contribution is 2.29. The van der Waals surface area contributed by atoms with Gasteiger partial charge in [0, 0.05) is 28.4 Å². The van der Waals surface area contributed by atoms with Crippen molar-refractivity contribution < 1.29 is 13.9 Å². The van der Waals surface area contributed by atoms with E-state index in [4.69, 9.17) is 4.74 Å². The summed E-state index contributed by atoms with van der Waals surface area (Å²) in [4.78, 5) is 16.8. The molecule has 30 heavy (non-hydrogen) atoms. The molecular formula is C23H18FN3O2S. The number of halogens is 1. The zero-order chi connectivity index (χ0) is 20.9. The lowest BCUT2D eigenvalue weighted by Gasteiger charge is -2.07. The molecule has 4 aromatic rings. The first-order chi connectivity index (χ1) is 14.6. The summed E-state index contributed by atoms with van der Waals surface area (Å²) in [5.41, 5.74) is 3.21. The number of ether oxygens (including phenoxy) is 1. The van der Waals surface area contributed by atoms with Crippen molar-refractivity contribution in [1.29, 1.82) is 0 Å². The summed E-state index contributed by atoms with van der Waals surface area (Å²) >= 11 is 1.49. The molecule has 150 valence electrons. The highest BCUT2D eigenvalue weighted by Gasteiger charge is 2.11. The molecule has 2 N–H and O–H groups in total. The fourth-order valence-corrected chi connectivity index (χ4v) is 3.60. The summed E-state index contributed by atoms with van der Waals surface area (Å²) in [5.74, 6) is -0.269. The molecule has 0 spiro atoms. The molecule has 0 atom stereocenters. The van der Waals surface area contributed by atoms with Gasteiger partial charge in [-0.05, 0) is 36.4 Å². The largest absolute Gasteiger partial charge is 0.497 e. The summed E-state index contributed by atoms with van der Waals surface area (Å²) < 4.78 is 19.0. The molecule has 0 aliphatic heterocycles. The molecule has 0 unspecified atom stereocenters. The Hall–Kier alpha value is -3.71. The zero-order valence-corrected chi connectivity index (χ0v) is 16.9. The van der Waals surface area contributed by atoms with Gasteiger partial charge < -0.3 is 15.4 Å². The third kappa shape index (κ3) is 4.47. The van der Waals surface area contributed by atoms with E-state index in [2.05, 4.69) is 15.6 Å². The number of nitrogens with zero attached hydrogens (tertiary/aromatic N) is 1. The number of anilines is 3. The molecule has 0 fully saturated rings. The van der Waals surface area contributed by atoms with Gasteiger partial charge in [0.1, 0.15) is 11.6 Å². The first-order valence-corrected chi connectivity index (χ1v) is 10.0. The van der Waals surface area contributed by atoms with Crippen LogP contribution in [0.25, 0.3) is 11.3 Å². The molecule has 0 radical (unpaired) electrons. The van der Waals surface area contributed by atoms with Crippen molar-refractivity contribution in [2.75, 3.05) is 17.7 Å². The van der Waals surface area contributed by atoms with Crippen molar-refractivity contribution in [3.05, 3.63) is 89.6 Å². The van der Waals surface area contributed by atoms with Crippen LogP contribution < -0.4 is 15.4 Å². The van der Waals surface area contributed by atoms with E-state index in [1.807, 2.05) is 41.8 Å². The van der Waals surface area contributed by atoms with E-state index < -0.39 is 11.7 Å². The molecule has 0 aliphatic carbocycles. The lowest BCUT2D eigenvalue weighted by molar-refractivity contribution is 0.102. The first-order valence-electron chi connectivity index (χ1n) is 9.15. The Labute approximate surface area is 177 Å². The molecule has 1 amide bonds. The first kappa shape index (κ1) is 19.6. The maximum Gasteiger partial charge on any atom is 0.258 e. The summed E-state index contributed by atoms with van der Waals surface area (Å²) in [6, 6.07) is 20.8. The van der Waals surface area contributed by atoms with Crippen LogP contribution in [0.4, 0.5) is 20.9 Å². The molecule has 0 saturated heterocycles. The number of rotatable bonds is 6. The average molecular weight is 419 g/mol. The summed E-state index contributed by atoms with van der Waals surface area (Å²) in [7, 11) is 1.63. The van der Waals surface area contributed by atoms with Gasteiger partial charge in [-0.15, -0.1) is 11.3 Å². The van der Waals surface area contributed by atoms with Gasteiger partial charge in [-0.25, -0.2) is 9.37 Å². The van der Waals surface area contributed by atoms with Crippen molar-refractivity contribution in [3.63, 3.8) is 0 Å². The molecular weight excluding hydrogens is 401 g/mol. The fraction of sp³-hybridized carbons (Fsp3) is 0.0435. The lowest BCUT2D eigenvalue weighted by Crippen LogP contribution is -2.13. The van der Waals surface area contributed by atoms with Crippen LogP contribution in [-0.2, 0) is 0 Å². The molecule has 0 aliphatic rings. The smallest absolute Gasteiger partial charge is 0.258 e. The van der Waals surface area contributed by atoms with Crippen LogP contribution in [0.3, 0.4) is 0 Å². The number of hydrogen-bond acceptors (Lipinski definition) is 5. The highest BCUT2D eigenvalue weighted by molar-refractivity contribution is 7.14. The van der Waals surface area contributed by atoms with E-state index in [1.54, 1.807) is 31.4 Å². The van der Waals surface area contributed by atoms with E-state index in [0.717, 1.165) is 27.8 Å². The minimum absolute atomic E-state index is 0.00864. The van der Waals surface area contributed by atoms with Crippen molar-refractivity contribution in [1.82, 2.24) is 4.98 Å². The molecule has 1 aromatic heterocycles. The van der Waals surface area contributed by atoms with E-state index >= 15 is 0 Å². The number of carbonyl (C=O) groups is 1. The monoisotopic (exact) mass is 419 g/mol. The van der Waals surface area contributed by atoms with Crippen molar-refractivity contribution in [3.8, 4) is 17.0 Å². The number of nitrogens with one attached hydrogen (secondary N) is 2. The quantitative estimate of drug-likeness (QED) is 0.405. The van der Waals surface area contributed by atoms with Gasteiger partial charge in [-0.1, -0.05) is 30.3 Å². The van der Waals surface area contributed by atoms with Gasteiger partial charge in [0.25, 0.3) is 5.91 Å². The molecule has 1 heterocycles. The SMILES string of the molecule is COc1cccc(Nc2nc(-c3ccc(NC(=O)c4ccccc4F)cc3)cs2)c1. The van der Waals surface area contributed by atoms with E-state index in [0.29, 0.717) is 5.69 Å². The molecule has 3 aromatic carbocycles.